The molecule has 0 aliphatic heterocycles. The SMILES string of the molecule is COc1ccc(Sc2ccc(NC(=O)CCc3ccccn3)cc2)cc1. The van der Waals surface area contributed by atoms with Crippen molar-refractivity contribution in [3.63, 3.8) is 0 Å². The zero-order chi connectivity index (χ0) is 18.2. The number of carbonyl (C=O) groups is 1. The first-order valence-corrected chi connectivity index (χ1v) is 9.16. The van der Waals surface area contributed by atoms with Gasteiger partial charge in [-0.25, -0.2) is 0 Å². The maximum atomic E-state index is 12.1. The molecule has 0 aliphatic carbocycles. The van der Waals surface area contributed by atoms with Gasteiger partial charge in [0, 0.05) is 33.8 Å². The fourth-order valence-corrected chi connectivity index (χ4v) is 3.21. The monoisotopic (exact) mass is 364 g/mol. The summed E-state index contributed by atoms with van der Waals surface area (Å²) in [5, 5.41) is 2.93. The summed E-state index contributed by atoms with van der Waals surface area (Å²) in [5.41, 5.74) is 1.73. The van der Waals surface area contributed by atoms with Crippen LogP contribution in [0.3, 0.4) is 0 Å². The number of nitrogens with zero attached hydrogens (tertiary/aromatic N) is 1. The highest BCUT2D eigenvalue weighted by atomic mass is 32.2. The first-order valence-electron chi connectivity index (χ1n) is 8.35. The number of hydrogen-bond acceptors (Lipinski definition) is 4. The molecule has 0 fully saturated rings. The Labute approximate surface area is 157 Å². The lowest BCUT2D eigenvalue weighted by Gasteiger charge is -2.07. The quantitative estimate of drug-likeness (QED) is 0.653. The number of anilines is 1. The summed E-state index contributed by atoms with van der Waals surface area (Å²) in [5.74, 6) is 0.837. The molecule has 1 amide bonds. The van der Waals surface area contributed by atoms with E-state index in [4.69, 9.17) is 4.74 Å². The van der Waals surface area contributed by atoms with Crippen molar-refractivity contribution >= 4 is 23.4 Å². The molecule has 0 radical (unpaired) electrons. The van der Waals surface area contributed by atoms with Crippen molar-refractivity contribution in [2.75, 3.05) is 12.4 Å². The molecule has 0 spiro atoms. The predicted octanol–water partition coefficient (Wildman–Crippen LogP) is 4.81. The molecule has 0 aliphatic rings. The molecule has 0 saturated heterocycles. The first-order chi connectivity index (χ1) is 12.7. The van der Waals surface area contributed by atoms with Crippen molar-refractivity contribution in [1.82, 2.24) is 4.98 Å². The molecule has 4 nitrogen and oxygen atoms in total. The lowest BCUT2D eigenvalue weighted by Crippen LogP contribution is -2.12. The molecule has 3 rings (SSSR count). The average molecular weight is 364 g/mol. The van der Waals surface area contributed by atoms with Gasteiger partial charge in [0.15, 0.2) is 0 Å². The summed E-state index contributed by atoms with van der Waals surface area (Å²) in [6.07, 6.45) is 2.80. The maximum Gasteiger partial charge on any atom is 0.224 e. The van der Waals surface area contributed by atoms with E-state index in [1.54, 1.807) is 25.1 Å². The molecule has 0 saturated carbocycles. The van der Waals surface area contributed by atoms with Gasteiger partial charge in [-0.3, -0.25) is 9.78 Å². The van der Waals surface area contributed by atoms with Crippen LogP contribution in [0.25, 0.3) is 0 Å². The van der Waals surface area contributed by atoms with Crippen LogP contribution >= 0.6 is 11.8 Å². The van der Waals surface area contributed by atoms with E-state index in [1.165, 1.54) is 0 Å². The van der Waals surface area contributed by atoms with Gasteiger partial charge in [-0.1, -0.05) is 17.8 Å². The Morgan fingerprint density at radius 2 is 1.69 bits per heavy atom. The number of benzene rings is 2. The Kier molecular flexibility index (Phi) is 6.28. The van der Waals surface area contributed by atoms with Crippen molar-refractivity contribution in [3.05, 3.63) is 78.6 Å². The smallest absolute Gasteiger partial charge is 0.224 e. The normalized spacial score (nSPS) is 10.3. The molecule has 0 atom stereocenters. The van der Waals surface area contributed by atoms with Crippen LogP contribution in [0.2, 0.25) is 0 Å². The van der Waals surface area contributed by atoms with E-state index >= 15 is 0 Å². The highest BCUT2D eigenvalue weighted by Crippen LogP contribution is 2.29. The van der Waals surface area contributed by atoms with Crippen LogP contribution in [0.4, 0.5) is 5.69 Å². The van der Waals surface area contributed by atoms with Gasteiger partial charge in [-0.2, -0.15) is 0 Å². The number of rotatable bonds is 7. The Bertz CT molecular complexity index is 834. The molecule has 26 heavy (non-hydrogen) atoms. The number of methoxy groups -OCH3 is 1. The third-order valence-corrected chi connectivity index (χ3v) is 4.78. The van der Waals surface area contributed by atoms with E-state index in [0.29, 0.717) is 12.8 Å². The van der Waals surface area contributed by atoms with Crippen LogP contribution < -0.4 is 10.1 Å². The lowest BCUT2D eigenvalue weighted by molar-refractivity contribution is -0.116. The fraction of sp³-hybridized carbons (Fsp3) is 0.143. The van der Waals surface area contributed by atoms with Crippen molar-refractivity contribution in [1.29, 1.82) is 0 Å². The number of nitrogens with one attached hydrogen (secondary N) is 1. The van der Waals surface area contributed by atoms with Gasteiger partial charge in [0.05, 0.1) is 7.11 Å². The van der Waals surface area contributed by atoms with Crippen molar-refractivity contribution in [2.24, 2.45) is 0 Å². The van der Waals surface area contributed by atoms with Gasteiger partial charge in [0.2, 0.25) is 5.91 Å². The summed E-state index contributed by atoms with van der Waals surface area (Å²) < 4.78 is 5.17. The van der Waals surface area contributed by atoms with Gasteiger partial charge in [-0.15, -0.1) is 0 Å². The van der Waals surface area contributed by atoms with Crippen LogP contribution in [0, 0.1) is 0 Å². The summed E-state index contributed by atoms with van der Waals surface area (Å²) in [6.45, 7) is 0. The van der Waals surface area contributed by atoms with Crippen molar-refractivity contribution < 1.29 is 9.53 Å². The van der Waals surface area contributed by atoms with Gasteiger partial charge in [-0.05, 0) is 67.1 Å². The molecule has 1 N–H and O–H groups in total. The second-order valence-electron chi connectivity index (χ2n) is 5.67. The van der Waals surface area contributed by atoms with E-state index < -0.39 is 0 Å². The van der Waals surface area contributed by atoms with Crippen LogP contribution in [0.5, 0.6) is 5.75 Å². The number of carbonyl (C=O) groups excluding carboxylic acids is 1. The first kappa shape index (κ1) is 18.0. The number of hydrogen-bond donors (Lipinski definition) is 1. The Morgan fingerprint density at radius 1 is 1.00 bits per heavy atom. The predicted molar refractivity (Wildman–Crippen MR) is 105 cm³/mol. The average Bonchev–Trinajstić information content (AvgIpc) is 2.69. The topological polar surface area (TPSA) is 51.2 Å². The third-order valence-electron chi connectivity index (χ3n) is 3.77. The van der Waals surface area contributed by atoms with Gasteiger partial charge < -0.3 is 10.1 Å². The van der Waals surface area contributed by atoms with Crippen LogP contribution in [-0.4, -0.2) is 18.0 Å². The van der Waals surface area contributed by atoms with Crippen molar-refractivity contribution in [3.8, 4) is 5.75 Å². The zero-order valence-corrected chi connectivity index (χ0v) is 15.3. The molecular weight excluding hydrogens is 344 g/mol. The van der Waals surface area contributed by atoms with Gasteiger partial charge in [0.25, 0.3) is 0 Å². The van der Waals surface area contributed by atoms with Gasteiger partial charge >= 0.3 is 0 Å². The summed E-state index contributed by atoms with van der Waals surface area (Å²) in [6, 6.07) is 21.5. The molecule has 1 heterocycles. The fourth-order valence-electron chi connectivity index (χ4n) is 2.40. The summed E-state index contributed by atoms with van der Waals surface area (Å²) in [7, 11) is 1.66. The third kappa shape index (κ3) is 5.36. The Hall–Kier alpha value is -2.79. The second kappa shape index (κ2) is 9.06. The molecule has 0 bridgehead atoms. The Morgan fingerprint density at radius 3 is 2.31 bits per heavy atom. The standard InChI is InChI=1S/C21H20N2O2S/c1-25-18-8-12-20(13-9-18)26-19-10-5-17(6-11-19)23-21(24)14-7-16-4-2-3-15-22-16/h2-6,8-13,15H,7,14H2,1H3,(H,23,24). The number of amides is 1. The summed E-state index contributed by atoms with van der Waals surface area (Å²) in [4.78, 5) is 18.5. The number of ether oxygens (including phenoxy) is 1. The largest absolute Gasteiger partial charge is 0.497 e. The molecule has 2 aromatic carbocycles. The maximum absolute atomic E-state index is 12.1. The van der Waals surface area contributed by atoms with E-state index in [9.17, 15) is 4.79 Å². The van der Waals surface area contributed by atoms with E-state index in [-0.39, 0.29) is 5.91 Å². The summed E-state index contributed by atoms with van der Waals surface area (Å²) >= 11 is 1.67. The van der Waals surface area contributed by atoms with Crippen LogP contribution in [0.15, 0.2) is 82.7 Å². The molecule has 132 valence electrons. The Balaban J connectivity index is 1.51. The van der Waals surface area contributed by atoms with Crippen molar-refractivity contribution in [2.45, 2.75) is 22.6 Å². The minimum absolute atomic E-state index is 0.00814. The lowest BCUT2D eigenvalue weighted by atomic mass is 10.2. The minimum atomic E-state index is -0.00814. The van der Waals surface area contributed by atoms with Crippen LogP contribution in [-0.2, 0) is 11.2 Å². The van der Waals surface area contributed by atoms with E-state index in [2.05, 4.69) is 10.3 Å². The molecule has 3 aromatic rings. The minimum Gasteiger partial charge on any atom is -0.497 e. The molecule has 5 heteroatoms. The molecular formula is C21H20N2O2S. The van der Waals surface area contributed by atoms with E-state index in [0.717, 1.165) is 26.9 Å². The van der Waals surface area contributed by atoms with E-state index in [1.807, 2.05) is 66.7 Å². The zero-order valence-electron chi connectivity index (χ0n) is 14.5. The second-order valence-corrected chi connectivity index (χ2v) is 6.82. The van der Waals surface area contributed by atoms with Gasteiger partial charge in [0.1, 0.15) is 5.75 Å². The van der Waals surface area contributed by atoms with Crippen LogP contribution in [0.1, 0.15) is 12.1 Å². The molecule has 0 unspecified atom stereocenters. The molecule has 1 aromatic heterocycles. The number of pyridine rings is 1. The number of aromatic nitrogens is 1. The highest BCUT2D eigenvalue weighted by Gasteiger charge is 2.04. The highest BCUT2D eigenvalue weighted by molar-refractivity contribution is 7.99. The number of aryl methyl sites for hydroxylation is 1.